The highest BCUT2D eigenvalue weighted by molar-refractivity contribution is 7.99. The lowest BCUT2D eigenvalue weighted by Crippen LogP contribution is -2.55. The largest absolute Gasteiger partial charge is 0.480 e. The summed E-state index contributed by atoms with van der Waals surface area (Å²) in [6.07, 6.45) is 3.50. The number of thioether (sulfide) groups is 1. The summed E-state index contributed by atoms with van der Waals surface area (Å²) < 4.78 is 0. The number of amides is 1. The van der Waals surface area contributed by atoms with Crippen LogP contribution in [0.25, 0.3) is 0 Å². The van der Waals surface area contributed by atoms with Gasteiger partial charge in [-0.3, -0.25) is 4.79 Å². The van der Waals surface area contributed by atoms with Crippen LogP contribution in [0.2, 0.25) is 0 Å². The van der Waals surface area contributed by atoms with E-state index in [0.717, 1.165) is 44.6 Å². The summed E-state index contributed by atoms with van der Waals surface area (Å²) in [6, 6.07) is 9.75. The molecule has 0 saturated carbocycles. The van der Waals surface area contributed by atoms with Gasteiger partial charge in [-0.15, -0.1) is 11.8 Å². The minimum absolute atomic E-state index is 0.00721. The highest BCUT2D eigenvalue weighted by Crippen LogP contribution is 2.40. The Labute approximate surface area is 159 Å². The van der Waals surface area contributed by atoms with Crippen molar-refractivity contribution in [3.8, 4) is 0 Å². The van der Waals surface area contributed by atoms with E-state index in [1.165, 1.54) is 4.90 Å². The van der Waals surface area contributed by atoms with Crippen LogP contribution < -0.4 is 0 Å². The number of carboxylic acid groups (broad SMARTS) is 1. The third kappa shape index (κ3) is 4.60. The standard InChI is InChI=1S/C20H28N2O3S/c1-16(19(24)25)22-15-20(8-7-18(22)23)9-11-21(12-10-20)13-14-26-17-5-3-2-4-6-17/h2-6,16H,7-15H2,1H3,(H,24,25). The number of hydrogen-bond donors (Lipinski definition) is 1. The van der Waals surface area contributed by atoms with Gasteiger partial charge in [0.15, 0.2) is 0 Å². The van der Waals surface area contributed by atoms with Crippen LogP contribution in [0.1, 0.15) is 32.6 Å². The molecule has 3 rings (SSSR count). The Bertz CT molecular complexity index is 629. The Morgan fingerprint density at radius 1 is 1.23 bits per heavy atom. The van der Waals surface area contributed by atoms with Crippen LogP contribution in [0.5, 0.6) is 0 Å². The first-order valence-electron chi connectivity index (χ1n) is 9.42. The summed E-state index contributed by atoms with van der Waals surface area (Å²) >= 11 is 1.89. The van der Waals surface area contributed by atoms with Crippen molar-refractivity contribution in [1.82, 2.24) is 9.80 Å². The van der Waals surface area contributed by atoms with Gasteiger partial charge >= 0.3 is 5.97 Å². The molecular weight excluding hydrogens is 348 g/mol. The van der Waals surface area contributed by atoms with Crippen molar-refractivity contribution in [2.45, 2.75) is 43.5 Å². The first-order valence-corrected chi connectivity index (χ1v) is 10.4. The molecule has 1 aromatic rings. The fourth-order valence-electron chi connectivity index (χ4n) is 4.00. The van der Waals surface area contributed by atoms with Crippen LogP contribution in [0, 0.1) is 5.41 Å². The number of piperidine rings is 2. The molecule has 1 unspecified atom stereocenters. The number of carbonyl (C=O) groups is 2. The molecule has 1 amide bonds. The van der Waals surface area contributed by atoms with Gasteiger partial charge in [0.2, 0.25) is 5.91 Å². The van der Waals surface area contributed by atoms with E-state index in [1.807, 2.05) is 17.8 Å². The van der Waals surface area contributed by atoms with Gasteiger partial charge in [0, 0.05) is 30.2 Å². The van der Waals surface area contributed by atoms with E-state index in [2.05, 4.69) is 29.2 Å². The Morgan fingerprint density at radius 3 is 2.58 bits per heavy atom. The van der Waals surface area contributed by atoms with Gasteiger partial charge in [0.05, 0.1) is 0 Å². The molecule has 6 heteroatoms. The molecule has 2 heterocycles. The maximum Gasteiger partial charge on any atom is 0.326 e. The number of carbonyl (C=O) groups excluding carboxylic acids is 1. The average molecular weight is 377 g/mol. The third-order valence-electron chi connectivity index (χ3n) is 5.86. The molecule has 142 valence electrons. The summed E-state index contributed by atoms with van der Waals surface area (Å²) in [5.41, 5.74) is 0.112. The zero-order valence-electron chi connectivity index (χ0n) is 15.4. The zero-order chi connectivity index (χ0) is 18.6. The molecule has 0 radical (unpaired) electrons. The smallest absolute Gasteiger partial charge is 0.326 e. The number of benzene rings is 1. The van der Waals surface area contributed by atoms with E-state index in [-0.39, 0.29) is 11.3 Å². The molecular formula is C20H28N2O3S. The van der Waals surface area contributed by atoms with Crippen molar-refractivity contribution in [2.24, 2.45) is 5.41 Å². The van der Waals surface area contributed by atoms with Crippen molar-refractivity contribution in [1.29, 1.82) is 0 Å². The monoisotopic (exact) mass is 376 g/mol. The zero-order valence-corrected chi connectivity index (χ0v) is 16.2. The molecule has 0 bridgehead atoms. The van der Waals surface area contributed by atoms with Gasteiger partial charge < -0.3 is 14.9 Å². The van der Waals surface area contributed by atoms with Crippen molar-refractivity contribution in [3.63, 3.8) is 0 Å². The fourth-order valence-corrected chi connectivity index (χ4v) is 4.93. The molecule has 0 aromatic heterocycles. The maximum absolute atomic E-state index is 12.2. The van der Waals surface area contributed by atoms with E-state index in [9.17, 15) is 14.7 Å². The van der Waals surface area contributed by atoms with E-state index >= 15 is 0 Å². The molecule has 26 heavy (non-hydrogen) atoms. The Hall–Kier alpha value is -1.53. The molecule has 2 fully saturated rings. The van der Waals surface area contributed by atoms with Gasteiger partial charge in [-0.1, -0.05) is 18.2 Å². The minimum Gasteiger partial charge on any atom is -0.480 e. The van der Waals surface area contributed by atoms with E-state index < -0.39 is 12.0 Å². The molecule has 1 atom stereocenters. The van der Waals surface area contributed by atoms with Gasteiger partial charge in [-0.05, 0) is 56.8 Å². The van der Waals surface area contributed by atoms with Crippen molar-refractivity contribution in [2.75, 3.05) is 31.9 Å². The van der Waals surface area contributed by atoms with Crippen LogP contribution in [-0.2, 0) is 9.59 Å². The van der Waals surface area contributed by atoms with Crippen LogP contribution >= 0.6 is 11.8 Å². The molecule has 2 saturated heterocycles. The molecule has 1 aromatic carbocycles. The number of carboxylic acids is 1. The number of hydrogen-bond acceptors (Lipinski definition) is 4. The summed E-state index contributed by atoms with van der Waals surface area (Å²) in [7, 11) is 0. The highest BCUT2D eigenvalue weighted by Gasteiger charge is 2.43. The second-order valence-electron chi connectivity index (χ2n) is 7.54. The second-order valence-corrected chi connectivity index (χ2v) is 8.71. The van der Waals surface area contributed by atoms with Crippen LogP contribution in [0.4, 0.5) is 0 Å². The fraction of sp³-hybridized carbons (Fsp3) is 0.600. The molecule has 2 aliphatic rings. The Kier molecular flexibility index (Phi) is 6.24. The quantitative estimate of drug-likeness (QED) is 0.774. The summed E-state index contributed by atoms with van der Waals surface area (Å²) in [5.74, 6) is 0.162. The van der Waals surface area contributed by atoms with Gasteiger partial charge in [-0.25, -0.2) is 4.79 Å². The first kappa shape index (κ1) is 19.2. The molecule has 1 spiro atoms. The van der Waals surface area contributed by atoms with Gasteiger partial charge in [-0.2, -0.15) is 0 Å². The molecule has 0 aliphatic carbocycles. The maximum atomic E-state index is 12.2. The lowest BCUT2D eigenvalue weighted by atomic mass is 9.72. The molecule has 5 nitrogen and oxygen atoms in total. The predicted molar refractivity (Wildman–Crippen MR) is 103 cm³/mol. The minimum atomic E-state index is -0.911. The summed E-state index contributed by atoms with van der Waals surface area (Å²) in [6.45, 7) is 5.38. The summed E-state index contributed by atoms with van der Waals surface area (Å²) in [4.78, 5) is 28.9. The number of likely N-dealkylation sites (tertiary alicyclic amines) is 2. The second kappa shape index (κ2) is 8.44. The lowest BCUT2D eigenvalue weighted by molar-refractivity contribution is -0.154. The Balaban J connectivity index is 1.48. The van der Waals surface area contributed by atoms with E-state index in [4.69, 9.17) is 0 Å². The SMILES string of the molecule is CC(C(=O)O)N1CC2(CCC1=O)CCN(CCSc1ccccc1)CC2. The third-order valence-corrected chi connectivity index (χ3v) is 6.85. The normalized spacial score (nSPS) is 21.7. The van der Waals surface area contributed by atoms with E-state index in [0.29, 0.717) is 13.0 Å². The topological polar surface area (TPSA) is 60.9 Å². The van der Waals surface area contributed by atoms with Crippen molar-refractivity contribution >= 4 is 23.6 Å². The van der Waals surface area contributed by atoms with Crippen LogP contribution in [-0.4, -0.2) is 64.8 Å². The Morgan fingerprint density at radius 2 is 1.92 bits per heavy atom. The van der Waals surface area contributed by atoms with Crippen LogP contribution in [0.3, 0.4) is 0 Å². The summed E-state index contributed by atoms with van der Waals surface area (Å²) in [5, 5.41) is 9.27. The van der Waals surface area contributed by atoms with Crippen molar-refractivity contribution in [3.05, 3.63) is 30.3 Å². The van der Waals surface area contributed by atoms with Gasteiger partial charge in [0.1, 0.15) is 6.04 Å². The predicted octanol–water partition coefficient (Wildman–Crippen LogP) is 2.96. The number of nitrogens with zero attached hydrogens (tertiary/aromatic N) is 2. The number of rotatable bonds is 6. The van der Waals surface area contributed by atoms with Crippen LogP contribution in [0.15, 0.2) is 35.2 Å². The highest BCUT2D eigenvalue weighted by atomic mass is 32.2. The van der Waals surface area contributed by atoms with Crippen molar-refractivity contribution < 1.29 is 14.7 Å². The average Bonchev–Trinajstić information content (AvgIpc) is 2.66. The van der Waals surface area contributed by atoms with Gasteiger partial charge in [0.25, 0.3) is 0 Å². The number of aliphatic carboxylic acids is 1. The lowest BCUT2D eigenvalue weighted by Gasteiger charge is -2.48. The molecule has 2 aliphatic heterocycles. The first-order chi connectivity index (χ1) is 12.5. The van der Waals surface area contributed by atoms with E-state index in [1.54, 1.807) is 11.8 Å². The molecule has 1 N–H and O–H groups in total.